The molecule has 22 heavy (non-hydrogen) atoms. The number of sulfonamides is 1. The summed E-state index contributed by atoms with van der Waals surface area (Å²) in [7, 11) is -2.39. The minimum atomic E-state index is -3.91. The summed E-state index contributed by atoms with van der Waals surface area (Å²) in [5.41, 5.74) is 1.36. The largest absolute Gasteiger partial charge is 0.496 e. The first kappa shape index (κ1) is 18.4. The molecule has 124 valence electrons. The van der Waals surface area contributed by atoms with Crippen LogP contribution in [0.4, 0.5) is 0 Å². The van der Waals surface area contributed by atoms with Gasteiger partial charge in [-0.25, -0.2) is 8.42 Å². The van der Waals surface area contributed by atoms with E-state index >= 15 is 0 Å². The number of carboxylic acids is 1. The van der Waals surface area contributed by atoms with Crippen LogP contribution in [-0.4, -0.2) is 32.6 Å². The van der Waals surface area contributed by atoms with Crippen molar-refractivity contribution in [2.24, 2.45) is 5.92 Å². The molecule has 1 aromatic carbocycles. The fraction of sp³-hybridized carbons (Fsp3) is 0.533. The van der Waals surface area contributed by atoms with Crippen LogP contribution < -0.4 is 9.46 Å². The SMILES string of the molecule is COc1c(C)cc(S(=O)(=O)NC(CC(C)C)C(=O)O)cc1C. The second-order valence-corrected chi connectivity index (χ2v) is 7.45. The molecule has 0 aliphatic carbocycles. The number of aliphatic carboxylic acids is 1. The molecule has 0 aliphatic rings. The van der Waals surface area contributed by atoms with Gasteiger partial charge in [-0.1, -0.05) is 13.8 Å². The summed E-state index contributed by atoms with van der Waals surface area (Å²) in [5, 5.41) is 9.18. The third kappa shape index (κ3) is 4.45. The van der Waals surface area contributed by atoms with E-state index in [-0.39, 0.29) is 17.2 Å². The van der Waals surface area contributed by atoms with Crippen molar-refractivity contribution >= 4 is 16.0 Å². The van der Waals surface area contributed by atoms with Crippen LogP contribution in [0, 0.1) is 19.8 Å². The van der Waals surface area contributed by atoms with Gasteiger partial charge in [0.25, 0.3) is 0 Å². The average molecular weight is 329 g/mol. The smallest absolute Gasteiger partial charge is 0.321 e. The predicted octanol–water partition coefficient (Wildman–Crippen LogP) is 2.09. The molecular formula is C15H23NO5S. The maximum Gasteiger partial charge on any atom is 0.321 e. The van der Waals surface area contributed by atoms with Gasteiger partial charge in [-0.3, -0.25) is 4.79 Å². The maximum atomic E-state index is 12.4. The lowest BCUT2D eigenvalue weighted by Crippen LogP contribution is -2.41. The zero-order valence-electron chi connectivity index (χ0n) is 13.5. The lowest BCUT2D eigenvalue weighted by molar-refractivity contribution is -0.139. The average Bonchev–Trinajstić information content (AvgIpc) is 2.36. The van der Waals surface area contributed by atoms with Crippen molar-refractivity contribution in [3.8, 4) is 5.75 Å². The molecule has 0 saturated carbocycles. The van der Waals surface area contributed by atoms with Crippen molar-refractivity contribution in [1.29, 1.82) is 0 Å². The highest BCUT2D eigenvalue weighted by Gasteiger charge is 2.26. The Bertz CT molecular complexity index is 629. The van der Waals surface area contributed by atoms with Gasteiger partial charge in [0.05, 0.1) is 12.0 Å². The number of nitrogens with one attached hydrogen (secondary N) is 1. The van der Waals surface area contributed by atoms with Gasteiger partial charge >= 0.3 is 5.97 Å². The number of hydrogen-bond acceptors (Lipinski definition) is 4. The first-order chi connectivity index (χ1) is 10.1. The van der Waals surface area contributed by atoms with Crippen molar-refractivity contribution < 1.29 is 23.1 Å². The van der Waals surface area contributed by atoms with Crippen LogP contribution in [0.5, 0.6) is 5.75 Å². The first-order valence-corrected chi connectivity index (χ1v) is 8.47. The molecule has 1 unspecified atom stereocenters. The molecule has 0 aliphatic heterocycles. The molecule has 2 N–H and O–H groups in total. The van der Waals surface area contributed by atoms with Gasteiger partial charge in [0.15, 0.2) is 0 Å². The highest BCUT2D eigenvalue weighted by molar-refractivity contribution is 7.89. The number of carbonyl (C=O) groups is 1. The fourth-order valence-electron chi connectivity index (χ4n) is 2.31. The van der Waals surface area contributed by atoms with Crippen LogP contribution in [0.3, 0.4) is 0 Å². The Balaban J connectivity index is 3.16. The summed E-state index contributed by atoms with van der Waals surface area (Å²) < 4.78 is 32.3. The van der Waals surface area contributed by atoms with Crippen molar-refractivity contribution in [3.05, 3.63) is 23.3 Å². The fourth-order valence-corrected chi connectivity index (χ4v) is 3.69. The molecule has 0 saturated heterocycles. The lowest BCUT2D eigenvalue weighted by Gasteiger charge is -2.18. The van der Waals surface area contributed by atoms with E-state index in [4.69, 9.17) is 4.74 Å². The Morgan fingerprint density at radius 2 is 1.77 bits per heavy atom. The maximum absolute atomic E-state index is 12.4. The minimum absolute atomic E-state index is 0.0401. The molecule has 0 radical (unpaired) electrons. The number of methoxy groups -OCH3 is 1. The number of benzene rings is 1. The van der Waals surface area contributed by atoms with E-state index in [2.05, 4.69) is 4.72 Å². The molecule has 0 bridgehead atoms. The van der Waals surface area contributed by atoms with Gasteiger partial charge in [-0.2, -0.15) is 4.72 Å². The van der Waals surface area contributed by atoms with E-state index in [1.165, 1.54) is 19.2 Å². The molecule has 0 aromatic heterocycles. The molecule has 6 nitrogen and oxygen atoms in total. The van der Waals surface area contributed by atoms with Crippen LogP contribution >= 0.6 is 0 Å². The number of carboxylic acid groups (broad SMARTS) is 1. The number of ether oxygens (including phenoxy) is 1. The lowest BCUT2D eigenvalue weighted by atomic mass is 10.1. The third-order valence-corrected chi connectivity index (χ3v) is 4.70. The van der Waals surface area contributed by atoms with Crippen molar-refractivity contribution in [2.75, 3.05) is 7.11 Å². The third-order valence-electron chi connectivity index (χ3n) is 3.25. The van der Waals surface area contributed by atoms with Crippen LogP contribution in [0.1, 0.15) is 31.4 Å². The Morgan fingerprint density at radius 3 is 2.14 bits per heavy atom. The van der Waals surface area contributed by atoms with Crippen LogP contribution in [-0.2, 0) is 14.8 Å². The molecule has 1 aromatic rings. The van der Waals surface area contributed by atoms with E-state index in [1.54, 1.807) is 13.8 Å². The monoisotopic (exact) mass is 329 g/mol. The van der Waals surface area contributed by atoms with Crippen molar-refractivity contribution in [1.82, 2.24) is 4.72 Å². The van der Waals surface area contributed by atoms with E-state index in [9.17, 15) is 18.3 Å². The Morgan fingerprint density at radius 1 is 1.27 bits per heavy atom. The standard InChI is InChI=1S/C15H23NO5S/c1-9(2)6-13(15(17)18)16-22(19,20)12-7-10(3)14(21-5)11(4)8-12/h7-9,13,16H,6H2,1-5H3,(H,17,18). The Kier molecular flexibility index (Phi) is 5.96. The van der Waals surface area contributed by atoms with Gasteiger partial charge < -0.3 is 9.84 Å². The van der Waals surface area contributed by atoms with Crippen molar-refractivity contribution in [3.63, 3.8) is 0 Å². The van der Waals surface area contributed by atoms with E-state index in [0.717, 1.165) is 0 Å². The molecule has 0 spiro atoms. The summed E-state index contributed by atoms with van der Waals surface area (Å²) in [6.45, 7) is 7.17. The Hall–Kier alpha value is -1.60. The van der Waals surface area contributed by atoms with Crippen LogP contribution in [0.25, 0.3) is 0 Å². The summed E-state index contributed by atoms with van der Waals surface area (Å²) >= 11 is 0. The summed E-state index contributed by atoms with van der Waals surface area (Å²) in [4.78, 5) is 11.3. The normalized spacial score (nSPS) is 13.2. The number of aryl methyl sites for hydroxylation is 2. The van der Waals surface area contributed by atoms with E-state index in [1.807, 2.05) is 13.8 Å². The highest BCUT2D eigenvalue weighted by atomic mass is 32.2. The second kappa shape index (κ2) is 7.11. The molecular weight excluding hydrogens is 306 g/mol. The van der Waals surface area contributed by atoms with Crippen LogP contribution in [0.15, 0.2) is 17.0 Å². The molecule has 7 heteroatoms. The number of hydrogen-bond donors (Lipinski definition) is 2. The first-order valence-electron chi connectivity index (χ1n) is 6.98. The molecule has 0 amide bonds. The van der Waals surface area contributed by atoms with E-state index in [0.29, 0.717) is 16.9 Å². The molecule has 1 atom stereocenters. The molecule has 1 rings (SSSR count). The van der Waals surface area contributed by atoms with E-state index < -0.39 is 22.0 Å². The second-order valence-electron chi connectivity index (χ2n) is 5.73. The van der Waals surface area contributed by atoms with Gasteiger partial charge in [0, 0.05) is 0 Å². The van der Waals surface area contributed by atoms with Gasteiger partial charge in [-0.05, 0) is 49.4 Å². The summed E-state index contributed by atoms with van der Waals surface area (Å²) in [5.74, 6) is -0.502. The summed E-state index contributed by atoms with van der Waals surface area (Å²) in [6, 6.07) is 1.80. The molecule has 0 heterocycles. The highest BCUT2D eigenvalue weighted by Crippen LogP contribution is 2.26. The molecule has 0 fully saturated rings. The quantitative estimate of drug-likeness (QED) is 0.799. The zero-order valence-corrected chi connectivity index (χ0v) is 14.3. The minimum Gasteiger partial charge on any atom is -0.496 e. The van der Waals surface area contributed by atoms with Crippen molar-refractivity contribution in [2.45, 2.75) is 45.1 Å². The van der Waals surface area contributed by atoms with Gasteiger partial charge in [-0.15, -0.1) is 0 Å². The topological polar surface area (TPSA) is 92.7 Å². The zero-order chi connectivity index (χ0) is 17.1. The number of rotatable bonds is 7. The van der Waals surface area contributed by atoms with Crippen LogP contribution in [0.2, 0.25) is 0 Å². The predicted molar refractivity (Wildman–Crippen MR) is 83.7 cm³/mol. The van der Waals surface area contributed by atoms with Gasteiger partial charge in [0.1, 0.15) is 11.8 Å². The van der Waals surface area contributed by atoms with Gasteiger partial charge in [0.2, 0.25) is 10.0 Å². The summed E-state index contributed by atoms with van der Waals surface area (Å²) in [6.07, 6.45) is 0.225. The Labute approximate surface area is 131 Å².